The monoisotopic (exact) mass is 309 g/mol. The molecule has 23 heavy (non-hydrogen) atoms. The van der Waals surface area contributed by atoms with Crippen LogP contribution in [0.1, 0.15) is 49.4 Å². The molecule has 0 bridgehead atoms. The molecule has 0 amide bonds. The quantitative estimate of drug-likeness (QED) is 0.657. The van der Waals surface area contributed by atoms with Gasteiger partial charge >= 0.3 is 0 Å². The van der Waals surface area contributed by atoms with Gasteiger partial charge in [-0.1, -0.05) is 79.2 Å². The third-order valence-electron chi connectivity index (χ3n) is 4.87. The Hall–Kier alpha value is -2.13. The van der Waals surface area contributed by atoms with Gasteiger partial charge in [-0.2, -0.15) is 0 Å². The number of rotatable bonds is 4. The van der Waals surface area contributed by atoms with Crippen molar-refractivity contribution >= 4 is 5.71 Å². The Morgan fingerprint density at radius 3 is 2.17 bits per heavy atom. The standard InChI is InChI=1S/C20H24N2O/c1-2-9-17-19(22-23)14-18(15-10-5-3-6-11-15)21-20(17)16-12-7-4-8-13-16/h3-8,10-13,17-18,20-21,23H,2,9,14H2,1H3/p+1/b22-19+/t17-,18+,20+/m1/s1. The summed E-state index contributed by atoms with van der Waals surface area (Å²) in [5, 5.41) is 15.7. The van der Waals surface area contributed by atoms with Gasteiger partial charge in [0.1, 0.15) is 12.1 Å². The predicted molar refractivity (Wildman–Crippen MR) is 92.5 cm³/mol. The molecule has 1 fully saturated rings. The summed E-state index contributed by atoms with van der Waals surface area (Å²) in [6.45, 7) is 2.19. The van der Waals surface area contributed by atoms with Crippen LogP contribution in [0.5, 0.6) is 0 Å². The van der Waals surface area contributed by atoms with E-state index in [2.05, 4.69) is 72.0 Å². The zero-order chi connectivity index (χ0) is 16.1. The van der Waals surface area contributed by atoms with Crippen LogP contribution in [-0.2, 0) is 0 Å². The van der Waals surface area contributed by atoms with Crippen molar-refractivity contribution in [2.75, 3.05) is 0 Å². The highest BCUT2D eigenvalue weighted by molar-refractivity contribution is 5.88. The molecule has 2 aromatic carbocycles. The molecule has 0 radical (unpaired) electrons. The smallest absolute Gasteiger partial charge is 0.120 e. The molecule has 0 unspecified atom stereocenters. The minimum absolute atomic E-state index is 0.298. The lowest BCUT2D eigenvalue weighted by Crippen LogP contribution is -2.90. The Morgan fingerprint density at radius 1 is 1.00 bits per heavy atom. The van der Waals surface area contributed by atoms with E-state index in [4.69, 9.17) is 0 Å². The fourth-order valence-corrected chi connectivity index (χ4v) is 3.76. The number of nitrogens with zero attached hydrogens (tertiary/aromatic N) is 1. The Bertz CT molecular complexity index is 639. The minimum atomic E-state index is 0.298. The molecule has 0 saturated carbocycles. The van der Waals surface area contributed by atoms with Crippen LogP contribution in [0.3, 0.4) is 0 Å². The third-order valence-corrected chi connectivity index (χ3v) is 4.87. The van der Waals surface area contributed by atoms with E-state index in [-0.39, 0.29) is 0 Å². The van der Waals surface area contributed by atoms with E-state index < -0.39 is 0 Å². The molecule has 0 aliphatic carbocycles. The summed E-state index contributed by atoms with van der Waals surface area (Å²) < 4.78 is 0. The first kappa shape index (κ1) is 15.8. The zero-order valence-electron chi connectivity index (χ0n) is 13.6. The largest absolute Gasteiger partial charge is 0.411 e. The molecule has 0 spiro atoms. The van der Waals surface area contributed by atoms with Gasteiger partial charge in [0.15, 0.2) is 0 Å². The van der Waals surface area contributed by atoms with Gasteiger partial charge in [-0.15, -0.1) is 0 Å². The highest BCUT2D eigenvalue weighted by Crippen LogP contribution is 2.32. The van der Waals surface area contributed by atoms with Crippen molar-refractivity contribution in [1.82, 2.24) is 0 Å². The normalized spacial score (nSPS) is 26.3. The van der Waals surface area contributed by atoms with Crippen molar-refractivity contribution in [3.8, 4) is 0 Å². The maximum Gasteiger partial charge on any atom is 0.120 e. The van der Waals surface area contributed by atoms with Crippen LogP contribution < -0.4 is 5.32 Å². The van der Waals surface area contributed by atoms with Crippen molar-refractivity contribution in [3.63, 3.8) is 0 Å². The zero-order valence-corrected chi connectivity index (χ0v) is 13.6. The molecule has 3 N–H and O–H groups in total. The Balaban J connectivity index is 1.95. The second-order valence-electron chi connectivity index (χ2n) is 6.34. The van der Waals surface area contributed by atoms with Crippen LogP contribution >= 0.6 is 0 Å². The fourth-order valence-electron chi connectivity index (χ4n) is 3.76. The van der Waals surface area contributed by atoms with E-state index in [1.54, 1.807) is 0 Å². The number of benzene rings is 2. The van der Waals surface area contributed by atoms with E-state index in [1.165, 1.54) is 11.1 Å². The van der Waals surface area contributed by atoms with Gasteiger partial charge in [0, 0.05) is 17.5 Å². The van der Waals surface area contributed by atoms with E-state index in [0.29, 0.717) is 18.0 Å². The number of oxime groups is 1. The molecule has 1 heterocycles. The van der Waals surface area contributed by atoms with Gasteiger partial charge in [0.2, 0.25) is 0 Å². The second kappa shape index (κ2) is 7.42. The number of nitrogens with two attached hydrogens (primary N) is 1. The minimum Gasteiger partial charge on any atom is -0.411 e. The van der Waals surface area contributed by atoms with Crippen LogP contribution in [0.4, 0.5) is 0 Å². The van der Waals surface area contributed by atoms with Gasteiger partial charge in [0.05, 0.1) is 11.6 Å². The van der Waals surface area contributed by atoms with Gasteiger partial charge in [0.25, 0.3) is 0 Å². The topological polar surface area (TPSA) is 49.2 Å². The lowest BCUT2D eigenvalue weighted by atomic mass is 9.78. The van der Waals surface area contributed by atoms with Crippen LogP contribution in [0.15, 0.2) is 65.8 Å². The molecule has 3 rings (SSSR count). The summed E-state index contributed by atoms with van der Waals surface area (Å²) in [5.41, 5.74) is 3.55. The van der Waals surface area contributed by atoms with Crippen molar-refractivity contribution < 1.29 is 10.5 Å². The summed E-state index contributed by atoms with van der Waals surface area (Å²) in [5.74, 6) is 0.298. The second-order valence-corrected chi connectivity index (χ2v) is 6.34. The molecule has 3 nitrogen and oxygen atoms in total. The average molecular weight is 309 g/mol. The molecule has 3 atom stereocenters. The van der Waals surface area contributed by atoms with E-state index in [9.17, 15) is 5.21 Å². The van der Waals surface area contributed by atoms with Gasteiger partial charge < -0.3 is 10.5 Å². The first-order chi connectivity index (χ1) is 11.3. The summed E-state index contributed by atoms with van der Waals surface area (Å²) >= 11 is 0. The molecule has 1 saturated heterocycles. The van der Waals surface area contributed by atoms with Crippen molar-refractivity contribution in [1.29, 1.82) is 0 Å². The SMILES string of the molecule is CCC[C@@H]1/C(=N/O)C[C@@H](c2ccccc2)[NH2+][C@H]1c1ccccc1. The fraction of sp³-hybridized carbons (Fsp3) is 0.350. The lowest BCUT2D eigenvalue weighted by Gasteiger charge is -2.35. The molecule has 1 aliphatic rings. The summed E-state index contributed by atoms with van der Waals surface area (Å²) in [7, 11) is 0. The van der Waals surface area contributed by atoms with Gasteiger partial charge in [-0.05, 0) is 6.42 Å². The van der Waals surface area contributed by atoms with Crippen molar-refractivity contribution in [3.05, 3.63) is 71.8 Å². The highest BCUT2D eigenvalue weighted by Gasteiger charge is 2.39. The van der Waals surface area contributed by atoms with Crippen LogP contribution in [0.2, 0.25) is 0 Å². The number of piperidine rings is 1. The average Bonchev–Trinajstić information content (AvgIpc) is 2.63. The Morgan fingerprint density at radius 2 is 1.61 bits per heavy atom. The summed E-state index contributed by atoms with van der Waals surface area (Å²) in [6, 6.07) is 21.8. The number of hydrogen-bond acceptors (Lipinski definition) is 2. The van der Waals surface area contributed by atoms with Gasteiger partial charge in [-0.3, -0.25) is 0 Å². The van der Waals surface area contributed by atoms with Crippen LogP contribution in [0, 0.1) is 5.92 Å². The molecular weight excluding hydrogens is 284 g/mol. The lowest BCUT2D eigenvalue weighted by molar-refractivity contribution is -0.742. The Kier molecular flexibility index (Phi) is 5.09. The summed E-state index contributed by atoms with van der Waals surface area (Å²) in [4.78, 5) is 0. The number of quaternary nitrogens is 1. The maximum absolute atomic E-state index is 9.59. The highest BCUT2D eigenvalue weighted by atomic mass is 16.4. The first-order valence-electron chi connectivity index (χ1n) is 8.49. The van der Waals surface area contributed by atoms with Crippen LogP contribution in [-0.4, -0.2) is 10.9 Å². The molecular formula is C20H25N2O+. The van der Waals surface area contributed by atoms with Crippen LogP contribution in [0.25, 0.3) is 0 Å². The third kappa shape index (κ3) is 3.45. The van der Waals surface area contributed by atoms with Crippen molar-refractivity contribution in [2.45, 2.75) is 38.3 Å². The molecule has 3 heteroatoms. The predicted octanol–water partition coefficient (Wildman–Crippen LogP) is 3.68. The Labute approximate surface area is 138 Å². The van der Waals surface area contributed by atoms with E-state index in [0.717, 1.165) is 25.0 Å². The van der Waals surface area contributed by atoms with Gasteiger partial charge in [-0.25, -0.2) is 0 Å². The molecule has 120 valence electrons. The van der Waals surface area contributed by atoms with E-state index in [1.807, 2.05) is 6.07 Å². The maximum atomic E-state index is 9.59. The van der Waals surface area contributed by atoms with Crippen molar-refractivity contribution in [2.24, 2.45) is 11.1 Å². The molecule has 1 aliphatic heterocycles. The van der Waals surface area contributed by atoms with E-state index >= 15 is 0 Å². The number of hydrogen-bond donors (Lipinski definition) is 2. The summed E-state index contributed by atoms with van der Waals surface area (Å²) in [6.07, 6.45) is 2.96. The first-order valence-corrected chi connectivity index (χ1v) is 8.49. The molecule has 2 aromatic rings. The molecule has 0 aromatic heterocycles.